The predicted octanol–water partition coefficient (Wildman–Crippen LogP) is 17.7. The van der Waals surface area contributed by atoms with Crippen LogP contribution in [0, 0.1) is 0 Å². The molecular weight excluding hydrogens is 785 g/mol. The lowest BCUT2D eigenvalue weighted by molar-refractivity contribution is 0.660. The summed E-state index contributed by atoms with van der Waals surface area (Å²) in [6.07, 6.45) is 4.51. The lowest BCUT2D eigenvalue weighted by Crippen LogP contribution is -2.16. The van der Waals surface area contributed by atoms with Crippen LogP contribution >= 0.6 is 0 Å². The quantitative estimate of drug-likeness (QED) is 0.111. The lowest BCUT2D eigenvalue weighted by Gasteiger charge is -2.29. The lowest BCUT2D eigenvalue weighted by atomic mass is 9.81. The van der Waals surface area contributed by atoms with E-state index in [1.165, 1.54) is 70.9 Å². The van der Waals surface area contributed by atoms with Crippen LogP contribution in [-0.4, -0.2) is 0 Å². The maximum absolute atomic E-state index is 2.47. The number of rotatable bonds is 8. The number of anilines is 6. The summed E-state index contributed by atoms with van der Waals surface area (Å²) >= 11 is 0. The monoisotopic (exact) mass is 830 g/mol. The summed E-state index contributed by atoms with van der Waals surface area (Å²) in [5.41, 5.74) is 14.4. The highest BCUT2D eigenvalue weighted by molar-refractivity contribution is 6.18. The molecule has 12 rings (SSSR count). The van der Waals surface area contributed by atoms with Gasteiger partial charge in [0, 0.05) is 38.9 Å². The van der Waals surface area contributed by atoms with Gasteiger partial charge in [-0.15, -0.1) is 0 Å². The van der Waals surface area contributed by atoms with Crippen molar-refractivity contribution in [3.63, 3.8) is 0 Å². The summed E-state index contributed by atoms with van der Waals surface area (Å²) in [5, 5.41) is 9.89. The Hall–Kier alpha value is -8.20. The van der Waals surface area contributed by atoms with Gasteiger partial charge in [-0.3, -0.25) is 0 Å². The molecule has 0 spiro atoms. The second kappa shape index (κ2) is 15.6. The number of nitrogens with zero attached hydrogens (tertiary/aromatic N) is 2. The zero-order valence-corrected chi connectivity index (χ0v) is 36.5. The molecule has 11 aromatic rings. The van der Waals surface area contributed by atoms with E-state index >= 15 is 0 Å². The SMILES string of the molecule is CC1(C)c2cc(/C=C/c3ccc(N(c4cc5ccccc5c5ccccc45)c4cc5ccccc5c5ccccc45)cc3)ccc2-c2ccc(N(c3ccccc3)c3ccccc3)cc21. The van der Waals surface area contributed by atoms with Crippen LogP contribution < -0.4 is 9.80 Å². The Morgan fingerprint density at radius 3 is 1.26 bits per heavy atom. The maximum Gasteiger partial charge on any atom is 0.0546 e. The van der Waals surface area contributed by atoms with Crippen LogP contribution in [0.2, 0.25) is 0 Å². The molecule has 65 heavy (non-hydrogen) atoms. The Morgan fingerprint density at radius 2 is 0.708 bits per heavy atom. The van der Waals surface area contributed by atoms with Crippen LogP contribution in [0.3, 0.4) is 0 Å². The first kappa shape index (κ1) is 38.5. The van der Waals surface area contributed by atoms with Gasteiger partial charge in [-0.2, -0.15) is 0 Å². The molecule has 2 heteroatoms. The predicted molar refractivity (Wildman–Crippen MR) is 279 cm³/mol. The van der Waals surface area contributed by atoms with E-state index in [1.807, 2.05) is 0 Å². The van der Waals surface area contributed by atoms with Crippen LogP contribution in [0.4, 0.5) is 34.1 Å². The van der Waals surface area contributed by atoms with Gasteiger partial charge in [0.1, 0.15) is 0 Å². The molecule has 0 heterocycles. The molecule has 0 fully saturated rings. The molecule has 0 N–H and O–H groups in total. The molecule has 1 aliphatic carbocycles. The number of hydrogen-bond acceptors (Lipinski definition) is 2. The molecule has 0 radical (unpaired) electrons. The summed E-state index contributed by atoms with van der Waals surface area (Å²) in [6.45, 7) is 4.73. The van der Waals surface area contributed by atoms with E-state index in [4.69, 9.17) is 0 Å². The fourth-order valence-corrected chi connectivity index (χ4v) is 10.4. The average Bonchev–Trinajstić information content (AvgIpc) is 3.59. The van der Waals surface area contributed by atoms with E-state index in [0.29, 0.717) is 0 Å². The minimum atomic E-state index is -0.172. The Balaban J connectivity index is 0.910. The third-order valence-electron chi connectivity index (χ3n) is 13.6. The zero-order valence-electron chi connectivity index (χ0n) is 36.5. The molecule has 0 unspecified atom stereocenters. The summed E-state index contributed by atoms with van der Waals surface area (Å²) in [5.74, 6) is 0. The van der Waals surface area contributed by atoms with Crippen molar-refractivity contribution >= 4 is 89.4 Å². The first-order valence-electron chi connectivity index (χ1n) is 22.6. The van der Waals surface area contributed by atoms with E-state index in [0.717, 1.165) is 39.7 Å². The molecule has 0 aliphatic heterocycles. The third-order valence-corrected chi connectivity index (χ3v) is 13.6. The molecule has 0 bridgehead atoms. The topological polar surface area (TPSA) is 6.48 Å². The van der Waals surface area contributed by atoms with E-state index < -0.39 is 0 Å². The minimum absolute atomic E-state index is 0.172. The van der Waals surface area contributed by atoms with Crippen LogP contribution in [0.5, 0.6) is 0 Å². The Morgan fingerprint density at radius 1 is 0.308 bits per heavy atom. The van der Waals surface area contributed by atoms with Gasteiger partial charge in [-0.1, -0.05) is 196 Å². The standard InChI is InChI=1S/C63H46N2/c1-63(2)59-39-44(33-37-55(59)56-38-36-50(42-60(56)63)64(47-19-5-3-6-20-47)48-21-7-4-8-22-48)30-29-43-31-34-49(35-32-43)65(61-40-45-17-9-11-23-51(45)53-25-13-15-27-57(53)61)62-41-46-18-10-12-24-52(46)54-26-14-16-28-58(54)62/h3-42H,1-2H3/b30-29+. The van der Waals surface area contributed by atoms with Crippen molar-refractivity contribution in [2.45, 2.75) is 19.3 Å². The van der Waals surface area contributed by atoms with Crippen LogP contribution in [0.25, 0.3) is 66.4 Å². The Labute approximate surface area is 380 Å². The van der Waals surface area contributed by atoms with Crippen molar-refractivity contribution < 1.29 is 0 Å². The van der Waals surface area contributed by atoms with Gasteiger partial charge in [-0.25, -0.2) is 0 Å². The fraction of sp³-hybridized carbons (Fsp3) is 0.0476. The van der Waals surface area contributed by atoms with Crippen molar-refractivity contribution in [3.8, 4) is 11.1 Å². The van der Waals surface area contributed by atoms with Crippen molar-refractivity contribution in [3.05, 3.63) is 253 Å². The molecule has 11 aromatic carbocycles. The summed E-state index contributed by atoms with van der Waals surface area (Å²) in [4.78, 5) is 4.83. The second-order valence-electron chi connectivity index (χ2n) is 17.8. The molecule has 2 nitrogen and oxygen atoms in total. The highest BCUT2D eigenvalue weighted by atomic mass is 15.1. The van der Waals surface area contributed by atoms with Crippen LogP contribution in [0.1, 0.15) is 36.1 Å². The maximum atomic E-state index is 2.47. The molecular formula is C63H46N2. The number of para-hydroxylation sites is 2. The minimum Gasteiger partial charge on any atom is -0.310 e. The van der Waals surface area contributed by atoms with E-state index in [1.54, 1.807) is 0 Å². The van der Waals surface area contributed by atoms with Gasteiger partial charge in [0.25, 0.3) is 0 Å². The first-order chi connectivity index (χ1) is 32.0. The van der Waals surface area contributed by atoms with Crippen molar-refractivity contribution in [1.82, 2.24) is 0 Å². The number of fused-ring (bicyclic) bond motifs is 9. The van der Waals surface area contributed by atoms with Crippen LogP contribution in [-0.2, 0) is 5.41 Å². The highest BCUT2D eigenvalue weighted by Gasteiger charge is 2.36. The largest absolute Gasteiger partial charge is 0.310 e. The van der Waals surface area contributed by atoms with Crippen molar-refractivity contribution in [1.29, 1.82) is 0 Å². The van der Waals surface area contributed by atoms with E-state index in [9.17, 15) is 0 Å². The van der Waals surface area contributed by atoms with Gasteiger partial charge in [0.05, 0.1) is 11.4 Å². The van der Waals surface area contributed by atoms with Crippen molar-refractivity contribution in [2.24, 2.45) is 0 Å². The highest BCUT2D eigenvalue weighted by Crippen LogP contribution is 2.51. The summed E-state index contributed by atoms with van der Waals surface area (Å²) < 4.78 is 0. The van der Waals surface area contributed by atoms with E-state index in [-0.39, 0.29) is 5.41 Å². The molecule has 1 aliphatic rings. The van der Waals surface area contributed by atoms with Crippen LogP contribution in [0.15, 0.2) is 231 Å². The van der Waals surface area contributed by atoms with Gasteiger partial charge < -0.3 is 9.80 Å². The number of hydrogen-bond donors (Lipinski definition) is 0. The second-order valence-corrected chi connectivity index (χ2v) is 17.8. The van der Waals surface area contributed by atoms with Crippen molar-refractivity contribution in [2.75, 3.05) is 9.80 Å². The summed E-state index contributed by atoms with van der Waals surface area (Å²) in [6, 6.07) is 84.3. The van der Waals surface area contributed by atoms with Gasteiger partial charge in [0.15, 0.2) is 0 Å². The molecule has 0 saturated carbocycles. The smallest absolute Gasteiger partial charge is 0.0546 e. The normalized spacial score (nSPS) is 12.8. The van der Waals surface area contributed by atoms with Gasteiger partial charge >= 0.3 is 0 Å². The molecule has 0 saturated heterocycles. The summed E-state index contributed by atoms with van der Waals surface area (Å²) in [7, 11) is 0. The molecule has 0 atom stereocenters. The molecule has 308 valence electrons. The first-order valence-corrected chi connectivity index (χ1v) is 22.6. The van der Waals surface area contributed by atoms with Gasteiger partial charge in [-0.05, 0) is 126 Å². The third kappa shape index (κ3) is 6.57. The molecule has 0 amide bonds. The zero-order chi connectivity index (χ0) is 43.5. The Bertz CT molecular complexity index is 3460. The Kier molecular flexibility index (Phi) is 9.21. The fourth-order valence-electron chi connectivity index (χ4n) is 10.4. The number of benzene rings is 11. The van der Waals surface area contributed by atoms with Gasteiger partial charge in [0.2, 0.25) is 0 Å². The average molecular weight is 831 g/mol. The van der Waals surface area contributed by atoms with E-state index in [2.05, 4.69) is 266 Å². The molecule has 0 aromatic heterocycles.